The molecule has 0 aliphatic carbocycles. The quantitative estimate of drug-likeness (QED) is 0.415. The fourth-order valence-corrected chi connectivity index (χ4v) is 3.91. The minimum Gasteiger partial charge on any atom is -0.337 e. The summed E-state index contributed by atoms with van der Waals surface area (Å²) < 4.78 is 37.9. The van der Waals surface area contributed by atoms with Gasteiger partial charge in [-0.05, 0) is 48.5 Å². The van der Waals surface area contributed by atoms with Gasteiger partial charge in [0, 0.05) is 27.4 Å². The summed E-state index contributed by atoms with van der Waals surface area (Å²) in [6.07, 6.45) is 1.17. The molecule has 0 radical (unpaired) electrons. The van der Waals surface area contributed by atoms with Gasteiger partial charge >= 0.3 is 0 Å². The second kappa shape index (κ2) is 7.57. The van der Waals surface area contributed by atoms with Crippen molar-refractivity contribution in [2.45, 2.75) is 4.90 Å². The molecule has 0 atom stereocenters. The zero-order valence-electron chi connectivity index (χ0n) is 15.4. The van der Waals surface area contributed by atoms with Crippen molar-refractivity contribution in [2.24, 2.45) is 0 Å². The minimum absolute atomic E-state index is 0.244. The Bertz CT molecular complexity index is 1260. The lowest BCUT2D eigenvalue weighted by Gasteiger charge is -2.04. The number of aromatic nitrogens is 2. The van der Waals surface area contributed by atoms with Crippen LogP contribution in [-0.2, 0) is 9.84 Å². The molecule has 4 nitrogen and oxygen atoms in total. The Morgan fingerprint density at radius 3 is 1.97 bits per heavy atom. The molecule has 0 amide bonds. The molecule has 1 heterocycles. The number of halogens is 2. The molecule has 0 saturated heterocycles. The Morgan fingerprint density at radius 2 is 1.38 bits per heavy atom. The third kappa shape index (κ3) is 4.16. The third-order valence-electron chi connectivity index (χ3n) is 4.51. The number of nitrogens with one attached hydrogen (secondary N) is 1. The van der Waals surface area contributed by atoms with Crippen molar-refractivity contribution < 1.29 is 12.8 Å². The van der Waals surface area contributed by atoms with Crippen molar-refractivity contribution in [2.75, 3.05) is 6.26 Å². The molecule has 1 aromatic heterocycles. The van der Waals surface area contributed by atoms with Crippen LogP contribution in [0.5, 0.6) is 0 Å². The SMILES string of the molecule is CS(=O)(=O)c1ccc(-c2nc(-c3ccc(Br)cc3)[nH]c2-c2ccc(F)cc2)cc1. The van der Waals surface area contributed by atoms with Crippen molar-refractivity contribution in [1.82, 2.24) is 9.97 Å². The molecule has 0 fully saturated rings. The van der Waals surface area contributed by atoms with Crippen LogP contribution in [0, 0.1) is 5.82 Å². The predicted molar refractivity (Wildman–Crippen MR) is 116 cm³/mol. The van der Waals surface area contributed by atoms with Gasteiger partial charge in [0.05, 0.1) is 16.3 Å². The van der Waals surface area contributed by atoms with Crippen LogP contribution in [-0.4, -0.2) is 24.6 Å². The number of rotatable bonds is 4. The van der Waals surface area contributed by atoms with Crippen molar-refractivity contribution in [3.63, 3.8) is 0 Å². The van der Waals surface area contributed by atoms with E-state index in [0.717, 1.165) is 26.9 Å². The number of hydrogen-bond acceptors (Lipinski definition) is 3. The molecule has 0 bridgehead atoms. The van der Waals surface area contributed by atoms with Gasteiger partial charge in [0.2, 0.25) is 0 Å². The van der Waals surface area contributed by atoms with Crippen LogP contribution in [0.15, 0.2) is 82.2 Å². The second-order valence-electron chi connectivity index (χ2n) is 6.62. The average Bonchev–Trinajstić information content (AvgIpc) is 3.14. The maximum atomic E-state index is 13.4. The summed E-state index contributed by atoms with van der Waals surface area (Å²) in [5, 5.41) is 0. The fraction of sp³-hybridized carbons (Fsp3) is 0.0455. The first-order valence-corrected chi connectivity index (χ1v) is 11.4. The van der Waals surface area contributed by atoms with Crippen LogP contribution in [0.1, 0.15) is 0 Å². The topological polar surface area (TPSA) is 62.8 Å². The molecule has 3 aromatic carbocycles. The average molecular weight is 471 g/mol. The number of sulfone groups is 1. The van der Waals surface area contributed by atoms with Gasteiger partial charge in [-0.3, -0.25) is 0 Å². The van der Waals surface area contributed by atoms with Crippen molar-refractivity contribution in [3.8, 4) is 33.9 Å². The van der Waals surface area contributed by atoms with Crippen LogP contribution in [0.3, 0.4) is 0 Å². The Balaban J connectivity index is 1.86. The summed E-state index contributed by atoms with van der Waals surface area (Å²) >= 11 is 3.43. The molecular formula is C22H16BrFN2O2S. The van der Waals surface area contributed by atoms with Gasteiger partial charge in [0.1, 0.15) is 11.6 Å². The monoisotopic (exact) mass is 470 g/mol. The molecule has 0 unspecified atom stereocenters. The van der Waals surface area contributed by atoms with E-state index in [1.165, 1.54) is 18.4 Å². The second-order valence-corrected chi connectivity index (χ2v) is 9.55. The third-order valence-corrected chi connectivity index (χ3v) is 6.17. The van der Waals surface area contributed by atoms with Crippen LogP contribution >= 0.6 is 15.9 Å². The lowest BCUT2D eigenvalue weighted by Crippen LogP contribution is -1.96. The molecule has 146 valence electrons. The van der Waals surface area contributed by atoms with E-state index in [1.54, 1.807) is 36.4 Å². The Morgan fingerprint density at radius 1 is 0.828 bits per heavy atom. The highest BCUT2D eigenvalue weighted by molar-refractivity contribution is 9.10. The number of hydrogen-bond donors (Lipinski definition) is 1. The van der Waals surface area contributed by atoms with Gasteiger partial charge in [0.15, 0.2) is 9.84 Å². The van der Waals surface area contributed by atoms with E-state index in [-0.39, 0.29) is 10.7 Å². The first-order chi connectivity index (χ1) is 13.8. The van der Waals surface area contributed by atoms with Crippen LogP contribution in [0.4, 0.5) is 4.39 Å². The maximum Gasteiger partial charge on any atom is 0.175 e. The molecule has 4 aromatic rings. The van der Waals surface area contributed by atoms with Crippen molar-refractivity contribution >= 4 is 25.8 Å². The van der Waals surface area contributed by atoms with E-state index >= 15 is 0 Å². The summed E-state index contributed by atoms with van der Waals surface area (Å²) in [7, 11) is -3.29. The predicted octanol–water partition coefficient (Wildman–Crippen LogP) is 5.72. The Kier molecular flexibility index (Phi) is 5.10. The first-order valence-electron chi connectivity index (χ1n) is 8.73. The van der Waals surface area contributed by atoms with E-state index in [4.69, 9.17) is 4.98 Å². The van der Waals surface area contributed by atoms with Crippen molar-refractivity contribution in [1.29, 1.82) is 0 Å². The number of H-pyrrole nitrogens is 1. The number of aromatic amines is 1. The summed E-state index contributed by atoms with van der Waals surface area (Å²) in [6.45, 7) is 0. The van der Waals surface area contributed by atoms with Gasteiger partial charge in [-0.25, -0.2) is 17.8 Å². The minimum atomic E-state index is -3.29. The smallest absolute Gasteiger partial charge is 0.175 e. The highest BCUT2D eigenvalue weighted by atomic mass is 79.9. The molecule has 1 N–H and O–H groups in total. The van der Waals surface area contributed by atoms with Gasteiger partial charge in [-0.15, -0.1) is 0 Å². The maximum absolute atomic E-state index is 13.4. The summed E-state index contributed by atoms with van der Waals surface area (Å²) in [5.74, 6) is 0.347. The van der Waals surface area contributed by atoms with E-state index in [9.17, 15) is 12.8 Å². The Hall–Kier alpha value is -2.77. The van der Waals surface area contributed by atoms with Gasteiger partial charge in [-0.1, -0.05) is 40.2 Å². The molecule has 29 heavy (non-hydrogen) atoms. The molecule has 0 aliphatic heterocycles. The molecule has 0 aliphatic rings. The van der Waals surface area contributed by atoms with Gasteiger partial charge in [0.25, 0.3) is 0 Å². The van der Waals surface area contributed by atoms with Crippen LogP contribution < -0.4 is 0 Å². The standard InChI is InChI=1S/C22H16BrFN2O2S/c1-29(27,28)19-12-6-15(7-13-19)21-20(14-4-10-18(24)11-5-14)25-22(26-21)16-2-8-17(23)9-3-16/h2-13H,1H3,(H,25,26). The Labute approximate surface area is 176 Å². The van der Waals surface area contributed by atoms with Crippen LogP contribution in [0.2, 0.25) is 0 Å². The molecule has 0 spiro atoms. The van der Waals surface area contributed by atoms with Gasteiger partial charge < -0.3 is 4.98 Å². The zero-order chi connectivity index (χ0) is 20.6. The molecular weight excluding hydrogens is 455 g/mol. The van der Waals surface area contributed by atoms with E-state index in [0.29, 0.717) is 11.5 Å². The van der Waals surface area contributed by atoms with Crippen molar-refractivity contribution in [3.05, 3.63) is 83.1 Å². The molecule has 4 rings (SSSR count). The highest BCUT2D eigenvalue weighted by Crippen LogP contribution is 2.33. The van der Waals surface area contributed by atoms with Gasteiger partial charge in [-0.2, -0.15) is 0 Å². The molecule has 0 saturated carbocycles. The summed E-state index contributed by atoms with van der Waals surface area (Å²) in [5.41, 5.74) is 3.83. The van der Waals surface area contributed by atoms with E-state index < -0.39 is 9.84 Å². The molecule has 7 heteroatoms. The largest absolute Gasteiger partial charge is 0.337 e. The number of imidazole rings is 1. The lowest BCUT2D eigenvalue weighted by molar-refractivity contribution is 0.602. The summed E-state index contributed by atoms with van der Waals surface area (Å²) in [6, 6.07) is 20.5. The normalized spacial score (nSPS) is 11.6. The van der Waals surface area contributed by atoms with E-state index in [1.807, 2.05) is 24.3 Å². The summed E-state index contributed by atoms with van der Waals surface area (Å²) in [4.78, 5) is 8.33. The highest BCUT2D eigenvalue weighted by Gasteiger charge is 2.16. The van der Waals surface area contributed by atoms with Crippen LogP contribution in [0.25, 0.3) is 33.9 Å². The fourth-order valence-electron chi connectivity index (χ4n) is 3.01. The number of nitrogens with zero attached hydrogens (tertiary/aromatic N) is 1. The van der Waals surface area contributed by atoms with E-state index in [2.05, 4.69) is 20.9 Å². The number of benzene rings is 3. The lowest BCUT2D eigenvalue weighted by atomic mass is 10.1. The zero-order valence-corrected chi connectivity index (χ0v) is 17.8. The first kappa shape index (κ1) is 19.5.